The quantitative estimate of drug-likeness (QED) is 0.809. The van der Waals surface area contributed by atoms with Crippen LogP contribution in [0.2, 0.25) is 0 Å². The third-order valence-electron chi connectivity index (χ3n) is 6.12. The molecule has 1 aromatic carbocycles. The number of nitrogens with zero attached hydrogens (tertiary/aromatic N) is 1. The average molecular weight is 392 g/mol. The molecule has 6 nitrogen and oxygen atoms in total. The maximum atomic E-state index is 12.8. The van der Waals surface area contributed by atoms with Gasteiger partial charge >= 0.3 is 0 Å². The van der Waals surface area contributed by atoms with Crippen LogP contribution >= 0.6 is 0 Å². The van der Waals surface area contributed by atoms with Crippen LogP contribution in [-0.2, 0) is 14.8 Å². The molecule has 0 aromatic heterocycles. The van der Waals surface area contributed by atoms with E-state index in [1.54, 1.807) is 28.6 Å². The highest BCUT2D eigenvalue weighted by atomic mass is 32.2. The lowest BCUT2D eigenvalue weighted by atomic mass is 9.89. The fourth-order valence-corrected chi connectivity index (χ4v) is 6.37. The Morgan fingerprint density at radius 2 is 1.81 bits per heavy atom. The Kier molecular flexibility index (Phi) is 5.53. The predicted octanol–water partition coefficient (Wildman–Crippen LogP) is 2.72. The number of piperidine rings is 2. The van der Waals surface area contributed by atoms with Crippen molar-refractivity contribution in [1.82, 2.24) is 9.62 Å². The van der Waals surface area contributed by atoms with Gasteiger partial charge in [-0.15, -0.1) is 0 Å². The summed E-state index contributed by atoms with van der Waals surface area (Å²) in [5.74, 6) is 0.401. The summed E-state index contributed by atoms with van der Waals surface area (Å²) in [7, 11) is -3.48. The van der Waals surface area contributed by atoms with E-state index >= 15 is 0 Å². The molecule has 3 fully saturated rings. The van der Waals surface area contributed by atoms with Gasteiger partial charge in [0.05, 0.1) is 4.90 Å². The van der Waals surface area contributed by atoms with Gasteiger partial charge in [-0.2, -0.15) is 4.31 Å². The normalized spacial score (nSPS) is 28.8. The average Bonchev–Trinajstić information content (AvgIpc) is 3.01. The molecule has 0 saturated carbocycles. The van der Waals surface area contributed by atoms with E-state index in [-0.39, 0.29) is 10.8 Å². The van der Waals surface area contributed by atoms with Gasteiger partial charge in [0.2, 0.25) is 15.9 Å². The Labute approximate surface area is 161 Å². The molecule has 27 heavy (non-hydrogen) atoms. The Morgan fingerprint density at radius 3 is 2.52 bits per heavy atom. The molecule has 3 saturated heterocycles. The highest BCUT2D eigenvalue weighted by molar-refractivity contribution is 7.89. The van der Waals surface area contributed by atoms with Gasteiger partial charge in [-0.3, -0.25) is 4.79 Å². The van der Waals surface area contributed by atoms with E-state index < -0.39 is 10.0 Å². The Balaban J connectivity index is 1.39. The number of amides is 1. The van der Waals surface area contributed by atoms with E-state index in [0.717, 1.165) is 32.1 Å². The fraction of sp³-hybridized carbons (Fsp3) is 0.650. The Morgan fingerprint density at radius 1 is 1.11 bits per heavy atom. The Bertz CT molecular complexity index is 777. The first-order valence-corrected chi connectivity index (χ1v) is 11.6. The zero-order valence-corrected chi connectivity index (χ0v) is 16.5. The number of benzene rings is 1. The number of carbonyl (C=O) groups excluding carboxylic acids is 1. The molecule has 1 amide bonds. The number of nitrogens with one attached hydrogen (secondary N) is 2. The second-order valence-electron chi connectivity index (χ2n) is 8.22. The number of hydrogen-bond acceptors (Lipinski definition) is 4. The minimum Gasteiger partial charge on any atom is -0.326 e. The van der Waals surface area contributed by atoms with Gasteiger partial charge < -0.3 is 10.6 Å². The van der Waals surface area contributed by atoms with Crippen LogP contribution in [0.3, 0.4) is 0 Å². The predicted molar refractivity (Wildman–Crippen MR) is 105 cm³/mol. The van der Waals surface area contributed by atoms with E-state index in [4.69, 9.17) is 0 Å². The summed E-state index contributed by atoms with van der Waals surface area (Å²) in [4.78, 5) is 12.8. The zero-order chi connectivity index (χ0) is 18.9. The molecule has 3 heterocycles. The SMILES string of the molecule is O=C(CC1CC2CCC(C1)N2)Nc1cccc(S(=O)(=O)N2CCCCC2)c1. The van der Waals surface area contributed by atoms with Crippen LogP contribution in [0.1, 0.15) is 51.4 Å². The van der Waals surface area contributed by atoms with Crippen molar-refractivity contribution in [3.05, 3.63) is 24.3 Å². The third-order valence-corrected chi connectivity index (χ3v) is 8.01. The van der Waals surface area contributed by atoms with Crippen molar-refractivity contribution in [3.8, 4) is 0 Å². The molecular weight excluding hydrogens is 362 g/mol. The molecule has 2 N–H and O–H groups in total. The van der Waals surface area contributed by atoms with Crippen molar-refractivity contribution in [2.24, 2.45) is 5.92 Å². The maximum Gasteiger partial charge on any atom is 0.243 e. The largest absolute Gasteiger partial charge is 0.326 e. The second-order valence-corrected chi connectivity index (χ2v) is 10.2. The van der Waals surface area contributed by atoms with Gasteiger partial charge in [0.15, 0.2) is 0 Å². The lowest BCUT2D eigenvalue weighted by Crippen LogP contribution is -2.39. The van der Waals surface area contributed by atoms with E-state index in [9.17, 15) is 13.2 Å². The van der Waals surface area contributed by atoms with E-state index in [2.05, 4.69) is 10.6 Å². The van der Waals surface area contributed by atoms with Gasteiger partial charge in [0.25, 0.3) is 0 Å². The van der Waals surface area contributed by atoms with Crippen molar-refractivity contribution in [2.75, 3.05) is 18.4 Å². The summed E-state index contributed by atoms with van der Waals surface area (Å²) in [6, 6.07) is 7.81. The number of rotatable bonds is 5. The second kappa shape index (κ2) is 7.89. The van der Waals surface area contributed by atoms with Crippen molar-refractivity contribution in [3.63, 3.8) is 0 Å². The summed E-state index contributed by atoms with van der Waals surface area (Å²) in [6.07, 6.45) is 7.99. The molecule has 1 aromatic rings. The van der Waals surface area contributed by atoms with Crippen LogP contribution < -0.4 is 10.6 Å². The van der Waals surface area contributed by atoms with E-state index in [1.807, 2.05) is 0 Å². The molecule has 2 atom stereocenters. The Hall–Kier alpha value is -1.44. The van der Waals surface area contributed by atoms with Crippen molar-refractivity contribution in [2.45, 2.75) is 68.3 Å². The summed E-state index contributed by atoms with van der Waals surface area (Å²) in [5, 5.41) is 6.51. The standard InChI is InChI=1S/C20H29N3O3S/c24-20(13-15-11-17-7-8-18(12-15)21-17)22-16-5-4-6-19(14-16)27(25,26)23-9-2-1-3-10-23/h4-6,14-15,17-18,21H,1-3,7-13H2,(H,22,24). The maximum absolute atomic E-state index is 12.8. The van der Waals surface area contributed by atoms with Gasteiger partial charge in [0, 0.05) is 37.3 Å². The van der Waals surface area contributed by atoms with Crippen LogP contribution in [-0.4, -0.2) is 43.8 Å². The van der Waals surface area contributed by atoms with Crippen molar-refractivity contribution in [1.29, 1.82) is 0 Å². The summed E-state index contributed by atoms with van der Waals surface area (Å²) in [6.45, 7) is 1.16. The fourth-order valence-electron chi connectivity index (χ4n) is 4.80. The topological polar surface area (TPSA) is 78.5 Å². The minimum atomic E-state index is -3.48. The monoisotopic (exact) mass is 391 g/mol. The molecule has 4 rings (SSSR count). The minimum absolute atomic E-state index is 0.0196. The van der Waals surface area contributed by atoms with Gasteiger partial charge in [-0.25, -0.2) is 8.42 Å². The highest BCUT2D eigenvalue weighted by Crippen LogP contribution is 2.33. The van der Waals surface area contributed by atoms with Crippen LogP contribution in [0.15, 0.2) is 29.2 Å². The lowest BCUT2D eigenvalue weighted by molar-refractivity contribution is -0.117. The summed E-state index contributed by atoms with van der Waals surface area (Å²) < 4.78 is 27.2. The van der Waals surface area contributed by atoms with Crippen LogP contribution in [0.5, 0.6) is 0 Å². The zero-order valence-electron chi connectivity index (χ0n) is 15.7. The van der Waals surface area contributed by atoms with Crippen molar-refractivity contribution < 1.29 is 13.2 Å². The molecule has 0 spiro atoms. The van der Waals surface area contributed by atoms with Gasteiger partial charge in [-0.1, -0.05) is 12.5 Å². The van der Waals surface area contributed by atoms with E-state index in [1.165, 1.54) is 12.8 Å². The number of sulfonamides is 1. The molecule has 0 radical (unpaired) electrons. The van der Waals surface area contributed by atoms with Gasteiger partial charge in [0.1, 0.15) is 0 Å². The van der Waals surface area contributed by atoms with Crippen molar-refractivity contribution >= 4 is 21.6 Å². The molecule has 2 unspecified atom stereocenters. The van der Waals surface area contributed by atoms with E-state index in [0.29, 0.717) is 43.2 Å². The molecule has 148 valence electrons. The molecule has 0 aliphatic carbocycles. The van der Waals surface area contributed by atoms with Gasteiger partial charge in [-0.05, 0) is 62.6 Å². The number of carbonyl (C=O) groups is 1. The highest BCUT2D eigenvalue weighted by Gasteiger charge is 2.34. The first-order chi connectivity index (χ1) is 13.0. The van der Waals surface area contributed by atoms with Crippen LogP contribution in [0, 0.1) is 5.92 Å². The molecule has 3 aliphatic heterocycles. The molecular formula is C20H29N3O3S. The molecule has 2 bridgehead atoms. The number of fused-ring (bicyclic) bond motifs is 2. The number of hydrogen-bond donors (Lipinski definition) is 2. The first kappa shape index (κ1) is 18.9. The summed E-state index contributed by atoms with van der Waals surface area (Å²) in [5.41, 5.74) is 0.565. The summed E-state index contributed by atoms with van der Waals surface area (Å²) >= 11 is 0. The lowest BCUT2D eigenvalue weighted by Gasteiger charge is -2.28. The van der Waals surface area contributed by atoms with Crippen LogP contribution in [0.4, 0.5) is 5.69 Å². The first-order valence-electron chi connectivity index (χ1n) is 10.2. The number of anilines is 1. The third kappa shape index (κ3) is 4.36. The smallest absolute Gasteiger partial charge is 0.243 e. The molecule has 3 aliphatic rings. The van der Waals surface area contributed by atoms with Crippen LogP contribution in [0.25, 0.3) is 0 Å². The molecule has 7 heteroatoms.